The van der Waals surface area contributed by atoms with Gasteiger partial charge in [0.2, 0.25) is 0 Å². The second-order valence-corrected chi connectivity index (χ2v) is 9.77. The van der Waals surface area contributed by atoms with Crippen LogP contribution >= 0.6 is 0 Å². The second kappa shape index (κ2) is 8.55. The molecule has 0 radical (unpaired) electrons. The fourth-order valence-electron chi connectivity index (χ4n) is 4.52. The highest BCUT2D eigenvalue weighted by molar-refractivity contribution is 7.89. The first kappa shape index (κ1) is 19.4. The lowest BCUT2D eigenvalue weighted by atomic mass is 9.70. The maximum Gasteiger partial charge on any atom is 0.276 e. The summed E-state index contributed by atoms with van der Waals surface area (Å²) in [4.78, 5) is 2.70. The number of sulfonamides is 1. The van der Waals surface area contributed by atoms with Crippen LogP contribution in [0.15, 0.2) is 34.3 Å². The van der Waals surface area contributed by atoms with Crippen LogP contribution in [0.2, 0.25) is 0 Å². The van der Waals surface area contributed by atoms with E-state index in [1.165, 1.54) is 32.1 Å². The topological polar surface area (TPSA) is 58.5 Å². The number of hydrazone groups is 1. The van der Waals surface area contributed by atoms with Crippen LogP contribution in [-0.4, -0.2) is 14.1 Å². The van der Waals surface area contributed by atoms with Crippen LogP contribution in [0, 0.1) is 24.7 Å². The molecule has 1 aromatic carbocycles. The highest BCUT2D eigenvalue weighted by Crippen LogP contribution is 2.40. The van der Waals surface area contributed by atoms with Gasteiger partial charge in [-0.1, -0.05) is 43.9 Å². The summed E-state index contributed by atoms with van der Waals surface area (Å²) in [6.07, 6.45) is 11.1. The lowest BCUT2D eigenvalue weighted by Crippen LogP contribution is -2.27. The van der Waals surface area contributed by atoms with Gasteiger partial charge in [0.05, 0.1) is 4.90 Å². The average Bonchev–Trinajstić information content (AvgIpc) is 2.67. The van der Waals surface area contributed by atoms with Gasteiger partial charge in [-0.3, -0.25) is 0 Å². The Balaban J connectivity index is 1.51. The van der Waals surface area contributed by atoms with Crippen molar-refractivity contribution < 1.29 is 8.42 Å². The molecular weight excluding hydrogens is 344 g/mol. The molecule has 0 atom stereocenters. The molecule has 0 aromatic heterocycles. The highest BCUT2D eigenvalue weighted by atomic mass is 32.2. The van der Waals surface area contributed by atoms with Crippen molar-refractivity contribution in [3.05, 3.63) is 29.8 Å². The second-order valence-electron chi connectivity index (χ2n) is 8.11. The van der Waals surface area contributed by atoms with Crippen LogP contribution in [0.5, 0.6) is 0 Å². The van der Waals surface area contributed by atoms with Crippen LogP contribution in [-0.2, 0) is 10.0 Å². The largest absolute Gasteiger partial charge is 0.276 e. The Bertz CT molecular complexity index is 707. The molecule has 0 aliphatic heterocycles. The summed E-state index contributed by atoms with van der Waals surface area (Å²) in [5.41, 5.74) is 2.04. The molecule has 144 valence electrons. The van der Waals surface area contributed by atoms with Crippen molar-refractivity contribution in [2.24, 2.45) is 22.9 Å². The number of rotatable bonds is 5. The number of hydrogen-bond acceptors (Lipinski definition) is 3. The molecule has 2 saturated carbocycles. The van der Waals surface area contributed by atoms with Crippen molar-refractivity contribution >= 4 is 15.7 Å². The minimum atomic E-state index is -3.56. The third-order valence-corrected chi connectivity index (χ3v) is 7.62. The Kier molecular flexibility index (Phi) is 6.38. The van der Waals surface area contributed by atoms with E-state index in [0.29, 0.717) is 0 Å². The van der Waals surface area contributed by atoms with Gasteiger partial charge in [-0.2, -0.15) is 13.5 Å². The van der Waals surface area contributed by atoms with Crippen molar-refractivity contribution in [2.45, 2.75) is 76.5 Å². The van der Waals surface area contributed by atoms with Crippen molar-refractivity contribution in [3.8, 4) is 0 Å². The van der Waals surface area contributed by atoms with Gasteiger partial charge in [0.15, 0.2) is 0 Å². The first-order chi connectivity index (χ1) is 12.5. The van der Waals surface area contributed by atoms with E-state index in [4.69, 9.17) is 0 Å². The molecule has 26 heavy (non-hydrogen) atoms. The van der Waals surface area contributed by atoms with Crippen LogP contribution in [0.25, 0.3) is 0 Å². The number of nitrogens with one attached hydrogen (secondary N) is 1. The van der Waals surface area contributed by atoms with E-state index in [1.54, 1.807) is 24.3 Å². The summed E-state index contributed by atoms with van der Waals surface area (Å²) in [5, 5.41) is 4.24. The molecule has 0 spiro atoms. The predicted octanol–water partition coefficient (Wildman–Crippen LogP) is 5.04. The van der Waals surface area contributed by atoms with E-state index in [2.05, 4.69) is 16.9 Å². The van der Waals surface area contributed by atoms with Gasteiger partial charge in [0.1, 0.15) is 0 Å². The molecular formula is C21H32N2O2S. The molecule has 2 aliphatic carbocycles. The zero-order valence-electron chi connectivity index (χ0n) is 16.1. The lowest BCUT2D eigenvalue weighted by Gasteiger charge is -2.35. The SMILES string of the molecule is CC[C@H]1CC[C@H](C2CCC(=NNS(=O)(=O)c3ccc(C)cc3)CC2)CC1. The molecule has 5 heteroatoms. The smallest absolute Gasteiger partial charge is 0.200 e. The maximum atomic E-state index is 12.3. The van der Waals surface area contributed by atoms with Crippen molar-refractivity contribution in [2.75, 3.05) is 0 Å². The minimum absolute atomic E-state index is 0.272. The molecule has 1 N–H and O–H groups in total. The Morgan fingerprint density at radius 2 is 1.54 bits per heavy atom. The minimum Gasteiger partial charge on any atom is -0.200 e. The molecule has 0 heterocycles. The molecule has 3 rings (SSSR count). The number of nitrogens with zero attached hydrogens (tertiary/aromatic N) is 1. The Morgan fingerprint density at radius 3 is 2.12 bits per heavy atom. The summed E-state index contributed by atoms with van der Waals surface area (Å²) in [7, 11) is -3.56. The quantitative estimate of drug-likeness (QED) is 0.732. The molecule has 1 aromatic rings. The van der Waals surface area contributed by atoms with Crippen LogP contribution in [0.3, 0.4) is 0 Å². The number of benzene rings is 1. The fourth-order valence-corrected chi connectivity index (χ4v) is 5.37. The molecule has 2 aliphatic rings. The van der Waals surface area contributed by atoms with E-state index in [1.807, 2.05) is 6.92 Å². The number of aryl methyl sites for hydroxylation is 1. The van der Waals surface area contributed by atoms with E-state index in [-0.39, 0.29) is 4.90 Å². The molecule has 0 amide bonds. The van der Waals surface area contributed by atoms with E-state index in [9.17, 15) is 8.42 Å². The third kappa shape index (κ3) is 4.87. The summed E-state index contributed by atoms with van der Waals surface area (Å²) < 4.78 is 24.7. The van der Waals surface area contributed by atoms with Gasteiger partial charge in [-0.05, 0) is 75.3 Å². The van der Waals surface area contributed by atoms with Crippen molar-refractivity contribution in [3.63, 3.8) is 0 Å². The van der Waals surface area contributed by atoms with E-state index in [0.717, 1.165) is 54.7 Å². The fraction of sp³-hybridized carbons (Fsp3) is 0.667. The monoisotopic (exact) mass is 376 g/mol. The van der Waals surface area contributed by atoms with Crippen LogP contribution in [0.1, 0.15) is 70.3 Å². The van der Waals surface area contributed by atoms with Gasteiger partial charge in [0.25, 0.3) is 10.0 Å². The normalized spacial score (nSPS) is 27.2. The Morgan fingerprint density at radius 1 is 0.962 bits per heavy atom. The van der Waals surface area contributed by atoms with Gasteiger partial charge >= 0.3 is 0 Å². The average molecular weight is 377 g/mol. The molecule has 0 saturated heterocycles. The predicted molar refractivity (Wildman–Crippen MR) is 107 cm³/mol. The highest BCUT2D eigenvalue weighted by Gasteiger charge is 2.29. The third-order valence-electron chi connectivity index (χ3n) is 6.40. The van der Waals surface area contributed by atoms with Gasteiger partial charge in [0, 0.05) is 5.71 Å². The van der Waals surface area contributed by atoms with E-state index >= 15 is 0 Å². The molecule has 0 bridgehead atoms. The molecule has 0 unspecified atom stereocenters. The maximum absolute atomic E-state index is 12.3. The number of hydrogen-bond donors (Lipinski definition) is 1. The van der Waals surface area contributed by atoms with E-state index < -0.39 is 10.0 Å². The molecule has 2 fully saturated rings. The lowest BCUT2D eigenvalue weighted by molar-refractivity contribution is 0.183. The van der Waals surface area contributed by atoms with Gasteiger partial charge in [-0.15, -0.1) is 0 Å². The summed E-state index contributed by atoms with van der Waals surface area (Å²) >= 11 is 0. The summed E-state index contributed by atoms with van der Waals surface area (Å²) in [6.45, 7) is 4.25. The van der Waals surface area contributed by atoms with Crippen LogP contribution in [0.4, 0.5) is 0 Å². The zero-order chi connectivity index (χ0) is 18.6. The first-order valence-electron chi connectivity index (χ1n) is 10.1. The first-order valence-corrected chi connectivity index (χ1v) is 11.6. The Labute approximate surface area is 158 Å². The van der Waals surface area contributed by atoms with Crippen molar-refractivity contribution in [1.29, 1.82) is 0 Å². The van der Waals surface area contributed by atoms with Crippen LogP contribution < -0.4 is 4.83 Å². The zero-order valence-corrected chi connectivity index (χ0v) is 16.9. The van der Waals surface area contributed by atoms with Gasteiger partial charge in [-0.25, -0.2) is 4.83 Å². The molecule has 4 nitrogen and oxygen atoms in total. The van der Waals surface area contributed by atoms with Gasteiger partial charge < -0.3 is 0 Å². The van der Waals surface area contributed by atoms with Crippen molar-refractivity contribution in [1.82, 2.24) is 4.83 Å². The standard InChI is InChI=1S/C21H32N2O2S/c1-3-17-6-8-18(9-7-17)19-10-12-20(13-11-19)22-23-26(24,25)21-14-4-16(2)5-15-21/h4-5,14-15,17-19,23H,3,6-13H2,1-2H3/t17-,18-,19?. The Hall–Kier alpha value is -1.36. The summed E-state index contributed by atoms with van der Waals surface area (Å²) in [6, 6.07) is 6.86. The summed E-state index contributed by atoms with van der Waals surface area (Å²) in [5.74, 6) is 2.63.